The summed E-state index contributed by atoms with van der Waals surface area (Å²) in [7, 11) is 0. The molecule has 0 saturated carbocycles. The van der Waals surface area contributed by atoms with Crippen LogP contribution in [0.4, 0.5) is 0 Å². The first kappa shape index (κ1) is 27.8. The molecular weight excluding hydrogens is 448 g/mol. The molecule has 3 rings (SSSR count). The Bertz CT molecular complexity index is 1320. The van der Waals surface area contributed by atoms with Crippen molar-refractivity contribution in [1.29, 1.82) is 0 Å². The molecule has 0 fully saturated rings. The molecule has 0 saturated heterocycles. The summed E-state index contributed by atoms with van der Waals surface area (Å²) >= 11 is 0. The molecule has 0 amide bonds. The second-order valence-corrected chi connectivity index (χ2v) is 14.2. The Hall–Kier alpha value is -2.75. The first-order valence-corrected chi connectivity index (χ1v) is 12.8. The normalized spacial score (nSPS) is 15.9. The Morgan fingerprint density at radius 2 is 1.08 bits per heavy atom. The van der Waals surface area contributed by atoms with Crippen molar-refractivity contribution in [1.82, 2.24) is 0 Å². The summed E-state index contributed by atoms with van der Waals surface area (Å²) in [4.78, 5) is 26.2. The molecule has 0 N–H and O–H groups in total. The van der Waals surface area contributed by atoms with E-state index in [1.54, 1.807) is 12.2 Å². The minimum absolute atomic E-state index is 0.179. The van der Waals surface area contributed by atoms with Crippen LogP contribution in [-0.4, -0.2) is 0 Å². The van der Waals surface area contributed by atoms with Crippen LogP contribution in [0.5, 0.6) is 0 Å². The van der Waals surface area contributed by atoms with E-state index in [1.165, 1.54) is 0 Å². The number of hydrogen-bond acceptors (Lipinski definition) is 3. The standard InChI is InChI=1S/C32H43O4/c1-29(2,3)23-15-19(16-24(35-23)30(4,5)6)13-21-27(33)22(28(21)34)14-20-17-25(31(7,8)9)36-26(18-20)32(10,11)12/h13-19H,1-12H3/q+1. The van der Waals surface area contributed by atoms with Gasteiger partial charge in [-0.1, -0.05) is 47.6 Å². The highest BCUT2D eigenvalue weighted by Gasteiger charge is 2.34. The first-order valence-electron chi connectivity index (χ1n) is 12.8. The molecular formula is C32H43O4+. The average Bonchev–Trinajstić information content (AvgIpc) is 2.72. The van der Waals surface area contributed by atoms with Crippen molar-refractivity contribution in [2.45, 2.75) is 93.9 Å². The number of hydrogen-bond donors (Lipinski definition) is 0. The van der Waals surface area contributed by atoms with Crippen LogP contribution in [0.2, 0.25) is 0 Å². The van der Waals surface area contributed by atoms with Crippen LogP contribution in [0, 0.1) is 16.7 Å². The lowest BCUT2D eigenvalue weighted by atomic mass is 9.85. The van der Waals surface area contributed by atoms with Gasteiger partial charge in [-0.3, -0.25) is 9.59 Å². The van der Waals surface area contributed by atoms with Crippen LogP contribution >= 0.6 is 0 Å². The Morgan fingerprint density at radius 1 is 0.667 bits per heavy atom. The van der Waals surface area contributed by atoms with Crippen molar-refractivity contribution in [3.63, 3.8) is 0 Å². The number of ether oxygens (including phenoxy) is 1. The Morgan fingerprint density at radius 3 is 1.44 bits per heavy atom. The molecule has 0 atom stereocenters. The van der Waals surface area contributed by atoms with E-state index in [1.807, 2.05) is 24.3 Å². The highest BCUT2D eigenvalue weighted by atomic mass is 16.5. The summed E-state index contributed by atoms with van der Waals surface area (Å²) in [6, 6.07) is 3.86. The molecule has 1 aromatic carbocycles. The third-order valence-corrected chi connectivity index (χ3v) is 6.33. The predicted octanol–water partition coefficient (Wildman–Crippen LogP) is 5.87. The third-order valence-electron chi connectivity index (χ3n) is 6.33. The molecule has 0 aliphatic carbocycles. The average molecular weight is 492 g/mol. The van der Waals surface area contributed by atoms with E-state index in [2.05, 4.69) is 83.1 Å². The second-order valence-electron chi connectivity index (χ2n) is 14.2. The summed E-state index contributed by atoms with van der Waals surface area (Å²) in [5.74, 6) is 3.16. The van der Waals surface area contributed by atoms with E-state index in [0.717, 1.165) is 28.6 Å². The van der Waals surface area contributed by atoms with Gasteiger partial charge < -0.3 is 4.74 Å². The van der Waals surface area contributed by atoms with E-state index in [4.69, 9.17) is 9.15 Å². The van der Waals surface area contributed by atoms with Gasteiger partial charge in [0.05, 0.1) is 21.3 Å². The van der Waals surface area contributed by atoms with Gasteiger partial charge >= 0.3 is 11.5 Å². The monoisotopic (exact) mass is 491 g/mol. The fraction of sp³-hybridized carbons (Fsp3) is 0.531. The van der Waals surface area contributed by atoms with Gasteiger partial charge in [-0.2, -0.15) is 0 Å². The molecule has 0 spiro atoms. The minimum atomic E-state index is -0.210. The zero-order valence-electron chi connectivity index (χ0n) is 24.2. The van der Waals surface area contributed by atoms with E-state index in [-0.39, 0.29) is 48.9 Å². The highest BCUT2D eigenvalue weighted by Crippen LogP contribution is 2.39. The highest BCUT2D eigenvalue weighted by molar-refractivity contribution is 5.53. The smallest absolute Gasteiger partial charge is 0.335 e. The van der Waals surface area contributed by atoms with Gasteiger partial charge in [-0.25, -0.2) is 4.42 Å². The van der Waals surface area contributed by atoms with E-state index >= 15 is 0 Å². The van der Waals surface area contributed by atoms with Gasteiger partial charge in [-0.15, -0.1) is 0 Å². The Kier molecular flexibility index (Phi) is 6.94. The lowest BCUT2D eigenvalue weighted by Crippen LogP contribution is -2.64. The topological polar surface area (TPSA) is 54.7 Å². The van der Waals surface area contributed by atoms with Gasteiger partial charge in [0.2, 0.25) is 10.9 Å². The molecule has 1 aliphatic rings. The zero-order valence-corrected chi connectivity index (χ0v) is 24.2. The molecule has 4 nitrogen and oxygen atoms in total. The summed E-state index contributed by atoms with van der Waals surface area (Å²) in [5.41, 5.74) is -0.392. The van der Waals surface area contributed by atoms with Crippen molar-refractivity contribution < 1.29 is 9.15 Å². The quantitative estimate of drug-likeness (QED) is 0.493. The van der Waals surface area contributed by atoms with Crippen LogP contribution in [-0.2, 0) is 15.6 Å². The lowest BCUT2D eigenvalue weighted by Gasteiger charge is -2.33. The summed E-state index contributed by atoms with van der Waals surface area (Å²) in [5, 5.41) is 0.467. The van der Waals surface area contributed by atoms with Crippen LogP contribution < -0.4 is 21.3 Å². The van der Waals surface area contributed by atoms with E-state index in [0.29, 0.717) is 0 Å². The molecule has 1 aromatic heterocycles. The zero-order chi connectivity index (χ0) is 27.4. The maximum atomic E-state index is 13.1. The maximum absolute atomic E-state index is 13.1. The Labute approximate surface area is 215 Å². The molecule has 0 radical (unpaired) electrons. The summed E-state index contributed by atoms with van der Waals surface area (Å²) in [6.45, 7) is 25.1. The Balaban J connectivity index is 2.13. The van der Waals surface area contributed by atoms with Crippen molar-refractivity contribution in [3.8, 4) is 0 Å². The molecule has 1 aliphatic heterocycles. The predicted molar refractivity (Wildman–Crippen MR) is 149 cm³/mol. The van der Waals surface area contributed by atoms with E-state index < -0.39 is 0 Å². The second kappa shape index (κ2) is 8.97. The van der Waals surface area contributed by atoms with Crippen LogP contribution in [0.15, 0.2) is 49.8 Å². The van der Waals surface area contributed by atoms with Crippen LogP contribution in [0.3, 0.4) is 0 Å². The summed E-state index contributed by atoms with van der Waals surface area (Å²) < 4.78 is 12.4. The van der Waals surface area contributed by atoms with Crippen LogP contribution in [0.1, 0.15) is 100 Å². The summed E-state index contributed by atoms with van der Waals surface area (Å²) in [6.07, 6.45) is 7.51. The molecule has 0 bridgehead atoms. The van der Waals surface area contributed by atoms with Crippen molar-refractivity contribution >= 4 is 12.2 Å². The fourth-order valence-corrected chi connectivity index (χ4v) is 3.91. The largest absolute Gasteiger partial charge is 0.466 e. The lowest BCUT2D eigenvalue weighted by molar-refractivity contribution is 0.155. The molecule has 2 aromatic rings. The molecule has 2 heterocycles. The SMILES string of the molecule is CC(C)(C)C1=CC(C=c2c(=O)c(=Cc3cc(C(C)(C)C)[o+]c(C(C)(C)C)c3)c2=O)C=C(C(C)(C)C)O1. The van der Waals surface area contributed by atoms with Gasteiger partial charge in [0.1, 0.15) is 11.5 Å². The van der Waals surface area contributed by atoms with Crippen molar-refractivity contribution in [2.75, 3.05) is 0 Å². The molecule has 194 valence electrons. The fourth-order valence-electron chi connectivity index (χ4n) is 3.91. The van der Waals surface area contributed by atoms with Crippen LogP contribution in [0.25, 0.3) is 12.2 Å². The minimum Gasteiger partial charge on any atom is -0.466 e. The molecule has 36 heavy (non-hydrogen) atoms. The molecule has 0 unspecified atom stereocenters. The van der Waals surface area contributed by atoms with Gasteiger partial charge in [-0.05, 0) is 65.3 Å². The first-order chi connectivity index (χ1) is 16.2. The van der Waals surface area contributed by atoms with Crippen molar-refractivity contribution in [2.24, 2.45) is 16.7 Å². The number of allylic oxidation sites excluding steroid dienone is 4. The third kappa shape index (κ3) is 5.96. The maximum Gasteiger partial charge on any atom is 0.335 e. The van der Waals surface area contributed by atoms with Gasteiger partial charge in [0.25, 0.3) is 0 Å². The van der Waals surface area contributed by atoms with E-state index in [9.17, 15) is 9.59 Å². The molecule has 4 heteroatoms. The van der Waals surface area contributed by atoms with Gasteiger partial charge in [0, 0.05) is 28.9 Å². The van der Waals surface area contributed by atoms with Gasteiger partial charge in [0.15, 0.2) is 0 Å². The van der Waals surface area contributed by atoms with Crippen molar-refractivity contribution in [3.05, 3.63) is 83.8 Å². The number of rotatable bonds is 2.